The van der Waals surface area contributed by atoms with E-state index in [9.17, 15) is 14.7 Å². The molecular formula is C21H25N3O4. The normalized spacial score (nSPS) is 17.2. The molecule has 1 aliphatic heterocycles. The molecular weight excluding hydrogens is 358 g/mol. The Morgan fingerprint density at radius 3 is 2.54 bits per heavy atom. The standard InChI is InChI=1S/C21H25N3O4/c1-12(2)18-20(25)24(19-16(28-18)10-11-17(22)23-19)15(21(26)27)9-8-14-6-4-13(3)5-7-14/h4-7,10-12,15,18H,8-9H2,1-3H3,(H2,22,23)(H,26,27). The third-order valence-corrected chi connectivity index (χ3v) is 4.85. The Balaban J connectivity index is 1.95. The Morgan fingerprint density at radius 1 is 1.25 bits per heavy atom. The van der Waals surface area contributed by atoms with Gasteiger partial charge in [-0.05, 0) is 43.4 Å². The summed E-state index contributed by atoms with van der Waals surface area (Å²) in [6.45, 7) is 5.71. The number of nitrogen functional groups attached to an aromatic ring is 1. The first-order valence-electron chi connectivity index (χ1n) is 9.32. The molecule has 3 N–H and O–H groups in total. The van der Waals surface area contributed by atoms with Gasteiger partial charge in [0.1, 0.15) is 11.9 Å². The van der Waals surface area contributed by atoms with Crippen LogP contribution >= 0.6 is 0 Å². The first-order chi connectivity index (χ1) is 13.3. The summed E-state index contributed by atoms with van der Waals surface area (Å²) in [4.78, 5) is 30.6. The first-order valence-corrected chi connectivity index (χ1v) is 9.32. The molecule has 1 amide bonds. The van der Waals surface area contributed by atoms with Crippen LogP contribution in [-0.2, 0) is 16.0 Å². The number of pyridine rings is 1. The van der Waals surface area contributed by atoms with Crippen molar-refractivity contribution in [3.8, 4) is 5.75 Å². The zero-order valence-corrected chi connectivity index (χ0v) is 16.3. The summed E-state index contributed by atoms with van der Waals surface area (Å²) in [5.41, 5.74) is 7.93. The summed E-state index contributed by atoms with van der Waals surface area (Å²) in [6.07, 6.45) is 0.00987. The molecule has 3 rings (SSSR count). The lowest BCUT2D eigenvalue weighted by molar-refractivity contribution is -0.142. The summed E-state index contributed by atoms with van der Waals surface area (Å²) in [5.74, 6) is -0.873. The van der Waals surface area contributed by atoms with Gasteiger partial charge in [0.2, 0.25) is 0 Å². The van der Waals surface area contributed by atoms with Crippen LogP contribution in [0, 0.1) is 12.8 Å². The van der Waals surface area contributed by atoms with Crippen molar-refractivity contribution in [1.82, 2.24) is 4.98 Å². The number of carboxylic acids is 1. The number of aromatic nitrogens is 1. The quantitative estimate of drug-likeness (QED) is 0.795. The van der Waals surface area contributed by atoms with E-state index in [4.69, 9.17) is 10.5 Å². The average molecular weight is 383 g/mol. The van der Waals surface area contributed by atoms with Crippen molar-refractivity contribution in [2.75, 3.05) is 10.6 Å². The Bertz CT molecular complexity index is 880. The number of carbonyl (C=O) groups is 2. The number of aliphatic carboxylic acids is 1. The Kier molecular flexibility index (Phi) is 5.53. The van der Waals surface area contributed by atoms with Crippen LogP contribution in [-0.4, -0.2) is 34.1 Å². The van der Waals surface area contributed by atoms with E-state index in [1.807, 2.05) is 45.0 Å². The van der Waals surface area contributed by atoms with Crippen LogP contribution in [0.2, 0.25) is 0 Å². The van der Waals surface area contributed by atoms with Gasteiger partial charge in [-0.1, -0.05) is 43.7 Å². The van der Waals surface area contributed by atoms with Crippen molar-refractivity contribution in [3.05, 3.63) is 47.5 Å². The van der Waals surface area contributed by atoms with Gasteiger partial charge in [0.25, 0.3) is 5.91 Å². The molecule has 0 fully saturated rings. The number of hydrogen-bond donors (Lipinski definition) is 2. The van der Waals surface area contributed by atoms with E-state index in [0.717, 1.165) is 11.1 Å². The minimum absolute atomic E-state index is 0.118. The number of rotatable bonds is 6. The van der Waals surface area contributed by atoms with Crippen LogP contribution < -0.4 is 15.4 Å². The largest absolute Gasteiger partial charge is 0.480 e. The van der Waals surface area contributed by atoms with Crippen LogP contribution in [0.3, 0.4) is 0 Å². The second-order valence-electron chi connectivity index (χ2n) is 7.43. The molecule has 1 aliphatic rings. The smallest absolute Gasteiger partial charge is 0.326 e. The zero-order chi connectivity index (χ0) is 20.4. The fourth-order valence-electron chi connectivity index (χ4n) is 3.29. The number of nitrogens with two attached hydrogens (primary N) is 1. The van der Waals surface area contributed by atoms with E-state index >= 15 is 0 Å². The Hall–Kier alpha value is -3.09. The van der Waals surface area contributed by atoms with E-state index in [-0.39, 0.29) is 24.0 Å². The minimum atomic E-state index is -1.08. The topological polar surface area (TPSA) is 106 Å². The maximum absolute atomic E-state index is 13.1. The number of carboxylic acid groups (broad SMARTS) is 1. The van der Waals surface area contributed by atoms with Crippen LogP contribution in [0.15, 0.2) is 36.4 Å². The number of amides is 1. The number of carbonyl (C=O) groups excluding carboxylic acids is 1. The molecule has 0 bridgehead atoms. The molecule has 1 aromatic carbocycles. The van der Waals surface area contributed by atoms with E-state index in [1.54, 1.807) is 12.1 Å². The molecule has 0 aliphatic carbocycles. The highest BCUT2D eigenvalue weighted by Crippen LogP contribution is 2.36. The highest BCUT2D eigenvalue weighted by Gasteiger charge is 2.43. The third-order valence-electron chi connectivity index (χ3n) is 4.85. The Morgan fingerprint density at radius 2 is 1.93 bits per heavy atom. The van der Waals surface area contributed by atoms with Crippen LogP contribution in [0.25, 0.3) is 0 Å². The molecule has 2 heterocycles. The summed E-state index contributed by atoms with van der Waals surface area (Å²) < 4.78 is 5.79. The predicted molar refractivity (Wildman–Crippen MR) is 106 cm³/mol. The molecule has 0 spiro atoms. The number of hydrogen-bond acceptors (Lipinski definition) is 5. The van der Waals surface area contributed by atoms with Gasteiger partial charge in [0, 0.05) is 0 Å². The minimum Gasteiger partial charge on any atom is -0.480 e. The van der Waals surface area contributed by atoms with Gasteiger partial charge >= 0.3 is 5.97 Å². The maximum Gasteiger partial charge on any atom is 0.326 e. The lowest BCUT2D eigenvalue weighted by atomic mass is 9.99. The number of fused-ring (bicyclic) bond motifs is 1. The second kappa shape index (κ2) is 7.88. The molecule has 7 nitrogen and oxygen atoms in total. The van der Waals surface area contributed by atoms with Gasteiger partial charge in [-0.2, -0.15) is 0 Å². The zero-order valence-electron chi connectivity index (χ0n) is 16.3. The van der Waals surface area contributed by atoms with Crippen LogP contribution in [0.4, 0.5) is 11.6 Å². The molecule has 7 heteroatoms. The first kappa shape index (κ1) is 19.7. The van der Waals surface area contributed by atoms with E-state index in [0.29, 0.717) is 12.2 Å². The van der Waals surface area contributed by atoms with E-state index in [1.165, 1.54) is 4.90 Å². The fourth-order valence-corrected chi connectivity index (χ4v) is 3.29. The van der Waals surface area contributed by atoms with Crippen molar-refractivity contribution in [2.45, 2.75) is 45.8 Å². The van der Waals surface area contributed by atoms with E-state index in [2.05, 4.69) is 4.98 Å². The highest BCUT2D eigenvalue weighted by molar-refractivity contribution is 6.03. The monoisotopic (exact) mass is 383 g/mol. The van der Waals surface area contributed by atoms with Crippen LogP contribution in [0.1, 0.15) is 31.4 Å². The van der Waals surface area contributed by atoms with E-state index < -0.39 is 24.0 Å². The van der Waals surface area contributed by atoms with Crippen molar-refractivity contribution < 1.29 is 19.4 Å². The van der Waals surface area contributed by atoms with Crippen molar-refractivity contribution in [3.63, 3.8) is 0 Å². The van der Waals surface area contributed by atoms with Gasteiger partial charge in [-0.25, -0.2) is 9.78 Å². The van der Waals surface area contributed by atoms with Gasteiger partial charge in [-0.3, -0.25) is 9.69 Å². The summed E-state index contributed by atoms with van der Waals surface area (Å²) in [6, 6.07) is 10.0. The van der Waals surface area contributed by atoms with Gasteiger partial charge in [0.15, 0.2) is 17.7 Å². The van der Waals surface area contributed by atoms with Crippen molar-refractivity contribution >= 4 is 23.5 Å². The van der Waals surface area contributed by atoms with Crippen LogP contribution in [0.5, 0.6) is 5.75 Å². The number of benzene rings is 1. The van der Waals surface area contributed by atoms with Gasteiger partial charge in [-0.15, -0.1) is 0 Å². The molecule has 148 valence electrons. The molecule has 2 unspecified atom stereocenters. The summed E-state index contributed by atoms with van der Waals surface area (Å²) in [5, 5.41) is 9.89. The predicted octanol–water partition coefficient (Wildman–Crippen LogP) is 2.81. The van der Waals surface area contributed by atoms with Crippen molar-refractivity contribution in [1.29, 1.82) is 0 Å². The number of anilines is 2. The molecule has 0 saturated heterocycles. The number of ether oxygens (including phenoxy) is 1. The number of nitrogens with zero attached hydrogens (tertiary/aromatic N) is 2. The average Bonchev–Trinajstić information content (AvgIpc) is 2.64. The molecule has 28 heavy (non-hydrogen) atoms. The summed E-state index contributed by atoms with van der Waals surface area (Å²) in [7, 11) is 0. The molecule has 2 atom stereocenters. The molecule has 2 aromatic rings. The SMILES string of the molecule is Cc1ccc(CCC(C(=O)O)N2C(=O)C(C(C)C)Oc3ccc(N)nc32)cc1. The maximum atomic E-state index is 13.1. The third kappa shape index (κ3) is 3.93. The molecule has 0 saturated carbocycles. The second-order valence-corrected chi connectivity index (χ2v) is 7.43. The van der Waals surface area contributed by atoms with Crippen molar-refractivity contribution in [2.24, 2.45) is 5.92 Å². The summed E-state index contributed by atoms with van der Waals surface area (Å²) >= 11 is 0. The lowest BCUT2D eigenvalue weighted by Gasteiger charge is -2.38. The Labute approximate surface area is 164 Å². The van der Waals surface area contributed by atoms with Gasteiger partial charge in [0.05, 0.1) is 0 Å². The fraction of sp³-hybridized carbons (Fsp3) is 0.381. The van der Waals surface area contributed by atoms with Gasteiger partial charge < -0.3 is 15.6 Å². The molecule has 1 aromatic heterocycles. The highest BCUT2D eigenvalue weighted by atomic mass is 16.5. The number of aryl methyl sites for hydroxylation is 2. The molecule has 0 radical (unpaired) electrons. The lowest BCUT2D eigenvalue weighted by Crippen LogP contribution is -2.55.